The number of carbonyl (C=O) groups excluding carboxylic acids is 1. The second kappa shape index (κ2) is 4.57. The van der Waals surface area contributed by atoms with Crippen molar-refractivity contribution in [1.82, 2.24) is 15.6 Å². The molecule has 2 rings (SSSR count). The number of carbonyl (C=O) groups is 1. The third kappa shape index (κ3) is 2.55. The Morgan fingerprint density at radius 2 is 2.44 bits per heavy atom. The Balaban J connectivity index is 1.95. The van der Waals surface area contributed by atoms with Crippen LogP contribution >= 0.6 is 0 Å². The van der Waals surface area contributed by atoms with E-state index in [4.69, 9.17) is 0 Å². The van der Waals surface area contributed by atoms with Gasteiger partial charge < -0.3 is 10.6 Å². The van der Waals surface area contributed by atoms with E-state index in [1.165, 1.54) is 12.3 Å². The van der Waals surface area contributed by atoms with Crippen molar-refractivity contribution < 1.29 is 9.18 Å². The van der Waals surface area contributed by atoms with Crippen LogP contribution in [0.3, 0.4) is 0 Å². The van der Waals surface area contributed by atoms with E-state index in [1.807, 2.05) is 6.92 Å². The van der Waals surface area contributed by atoms with E-state index < -0.39 is 0 Å². The monoisotopic (exact) mass is 223 g/mol. The second-order valence-corrected chi connectivity index (χ2v) is 3.99. The Labute approximate surface area is 93.3 Å². The molecule has 2 N–H and O–H groups in total. The van der Waals surface area contributed by atoms with Crippen LogP contribution in [0.4, 0.5) is 4.39 Å². The number of rotatable bonds is 3. The highest BCUT2D eigenvalue weighted by atomic mass is 19.1. The fraction of sp³-hybridized carbons (Fsp3) is 0.455. The summed E-state index contributed by atoms with van der Waals surface area (Å²) in [4.78, 5) is 15.0. The average Bonchev–Trinajstić information content (AvgIpc) is 2.65. The van der Waals surface area contributed by atoms with Gasteiger partial charge in [0, 0.05) is 25.0 Å². The van der Waals surface area contributed by atoms with Gasteiger partial charge in [-0.2, -0.15) is 0 Å². The maximum absolute atomic E-state index is 12.7. The van der Waals surface area contributed by atoms with E-state index in [9.17, 15) is 9.18 Å². The van der Waals surface area contributed by atoms with Gasteiger partial charge in [-0.15, -0.1) is 0 Å². The summed E-state index contributed by atoms with van der Waals surface area (Å²) in [6.45, 7) is 2.59. The lowest BCUT2D eigenvalue weighted by Crippen LogP contribution is -2.33. The van der Waals surface area contributed by atoms with Gasteiger partial charge in [0.25, 0.3) is 0 Å². The average molecular weight is 223 g/mol. The van der Waals surface area contributed by atoms with E-state index in [0.29, 0.717) is 13.0 Å². The molecule has 1 aliphatic heterocycles. The van der Waals surface area contributed by atoms with E-state index in [1.54, 1.807) is 6.07 Å². The van der Waals surface area contributed by atoms with Crippen LogP contribution in [0, 0.1) is 5.82 Å². The summed E-state index contributed by atoms with van der Waals surface area (Å²) in [6, 6.07) is 3.18. The summed E-state index contributed by atoms with van der Waals surface area (Å²) in [5, 5.41) is 6.03. The van der Waals surface area contributed by atoms with Gasteiger partial charge in [-0.1, -0.05) is 0 Å². The van der Waals surface area contributed by atoms with Gasteiger partial charge in [-0.3, -0.25) is 9.78 Å². The first-order chi connectivity index (χ1) is 7.65. The summed E-state index contributed by atoms with van der Waals surface area (Å²) < 4.78 is 12.7. The first kappa shape index (κ1) is 11.0. The number of halogens is 1. The van der Waals surface area contributed by atoms with Crippen molar-refractivity contribution in [3.8, 4) is 0 Å². The molecule has 5 heteroatoms. The largest absolute Gasteiger partial charge is 0.354 e. The normalized spacial score (nSPS) is 21.9. The van der Waals surface area contributed by atoms with E-state index in [0.717, 1.165) is 5.69 Å². The zero-order valence-electron chi connectivity index (χ0n) is 9.03. The molecular weight excluding hydrogens is 209 g/mol. The van der Waals surface area contributed by atoms with E-state index in [2.05, 4.69) is 15.6 Å². The molecule has 0 bridgehead atoms. The van der Waals surface area contributed by atoms with E-state index >= 15 is 0 Å². The minimum absolute atomic E-state index is 0.0123. The van der Waals surface area contributed by atoms with Gasteiger partial charge in [0.1, 0.15) is 5.82 Å². The molecule has 1 amide bonds. The molecule has 1 aliphatic rings. The van der Waals surface area contributed by atoms with E-state index in [-0.39, 0.29) is 23.8 Å². The van der Waals surface area contributed by atoms with Crippen molar-refractivity contribution in [3.05, 3.63) is 29.8 Å². The Morgan fingerprint density at radius 1 is 1.62 bits per heavy atom. The number of aromatic nitrogens is 1. The molecule has 0 aliphatic carbocycles. The molecule has 0 spiro atoms. The summed E-state index contributed by atoms with van der Waals surface area (Å²) in [6.07, 6.45) is 1.69. The van der Waals surface area contributed by atoms with Gasteiger partial charge in [0.2, 0.25) is 5.91 Å². The quantitative estimate of drug-likeness (QED) is 0.795. The molecule has 86 valence electrons. The summed E-state index contributed by atoms with van der Waals surface area (Å²) >= 11 is 0. The van der Waals surface area contributed by atoms with Gasteiger partial charge in [0.15, 0.2) is 0 Å². The van der Waals surface area contributed by atoms with Crippen molar-refractivity contribution >= 4 is 5.91 Å². The van der Waals surface area contributed by atoms with Crippen LogP contribution in [-0.4, -0.2) is 23.5 Å². The van der Waals surface area contributed by atoms with Gasteiger partial charge in [0.05, 0.1) is 11.9 Å². The Morgan fingerprint density at radius 3 is 3.00 bits per heavy atom. The Bertz CT molecular complexity index is 379. The van der Waals surface area contributed by atoms with Crippen molar-refractivity contribution in [2.75, 3.05) is 6.54 Å². The van der Waals surface area contributed by atoms with Crippen LogP contribution in [0.2, 0.25) is 0 Å². The van der Waals surface area contributed by atoms with Crippen LogP contribution in [0.15, 0.2) is 18.3 Å². The van der Waals surface area contributed by atoms with Gasteiger partial charge in [-0.05, 0) is 19.1 Å². The van der Waals surface area contributed by atoms with Crippen molar-refractivity contribution in [2.24, 2.45) is 0 Å². The molecule has 0 aromatic carbocycles. The number of pyridine rings is 1. The lowest BCUT2D eigenvalue weighted by Gasteiger charge is -2.17. The molecular formula is C11H14FN3O. The molecule has 1 fully saturated rings. The molecule has 0 radical (unpaired) electrons. The molecule has 2 heterocycles. The molecule has 1 saturated heterocycles. The van der Waals surface area contributed by atoms with Crippen molar-refractivity contribution in [1.29, 1.82) is 0 Å². The number of nitrogens with zero attached hydrogens (tertiary/aromatic N) is 1. The SMILES string of the molecule is CC(NC1CNC(=O)C1)c1ccc(F)cn1. The van der Waals surface area contributed by atoms with Gasteiger partial charge in [-0.25, -0.2) is 4.39 Å². The highest BCUT2D eigenvalue weighted by Crippen LogP contribution is 2.12. The molecule has 1 aromatic rings. The number of hydrogen-bond acceptors (Lipinski definition) is 3. The van der Waals surface area contributed by atoms with Crippen molar-refractivity contribution in [3.63, 3.8) is 0 Å². The van der Waals surface area contributed by atoms with Crippen molar-refractivity contribution in [2.45, 2.75) is 25.4 Å². The lowest BCUT2D eigenvalue weighted by molar-refractivity contribution is -0.119. The number of nitrogens with one attached hydrogen (secondary N) is 2. The molecule has 4 nitrogen and oxygen atoms in total. The highest BCUT2D eigenvalue weighted by Gasteiger charge is 2.23. The highest BCUT2D eigenvalue weighted by molar-refractivity contribution is 5.78. The van der Waals surface area contributed by atoms with Crippen LogP contribution in [0.5, 0.6) is 0 Å². The van der Waals surface area contributed by atoms with Crippen LogP contribution in [0.25, 0.3) is 0 Å². The predicted octanol–water partition coefficient (Wildman–Crippen LogP) is 0.760. The zero-order valence-corrected chi connectivity index (χ0v) is 9.03. The Kier molecular flexibility index (Phi) is 3.14. The first-order valence-corrected chi connectivity index (χ1v) is 5.29. The molecule has 2 unspecified atom stereocenters. The predicted molar refractivity (Wildman–Crippen MR) is 57.2 cm³/mol. The van der Waals surface area contributed by atoms with Crippen LogP contribution < -0.4 is 10.6 Å². The second-order valence-electron chi connectivity index (χ2n) is 3.99. The maximum Gasteiger partial charge on any atom is 0.221 e. The molecule has 2 atom stereocenters. The molecule has 0 saturated carbocycles. The third-order valence-electron chi connectivity index (χ3n) is 2.66. The molecule has 16 heavy (non-hydrogen) atoms. The minimum Gasteiger partial charge on any atom is -0.354 e. The smallest absolute Gasteiger partial charge is 0.221 e. The number of hydrogen-bond donors (Lipinski definition) is 2. The fourth-order valence-corrected chi connectivity index (χ4v) is 1.81. The topological polar surface area (TPSA) is 54.0 Å². The first-order valence-electron chi connectivity index (χ1n) is 5.29. The minimum atomic E-state index is -0.339. The van der Waals surface area contributed by atoms with Gasteiger partial charge >= 0.3 is 0 Å². The summed E-state index contributed by atoms with van der Waals surface area (Å²) in [5.74, 6) is -0.273. The van der Waals surface area contributed by atoms with Crippen LogP contribution in [0.1, 0.15) is 25.1 Å². The number of amides is 1. The van der Waals surface area contributed by atoms with Crippen LogP contribution in [-0.2, 0) is 4.79 Å². The molecule has 1 aromatic heterocycles. The Hall–Kier alpha value is -1.49. The zero-order chi connectivity index (χ0) is 11.5. The lowest BCUT2D eigenvalue weighted by atomic mass is 10.1. The maximum atomic E-state index is 12.7. The standard InChI is InChI=1S/C11H14FN3O/c1-7(10-3-2-8(12)5-13-10)15-9-4-11(16)14-6-9/h2-3,5,7,9,15H,4,6H2,1H3,(H,14,16). The fourth-order valence-electron chi connectivity index (χ4n) is 1.81. The summed E-state index contributed by atoms with van der Waals surface area (Å²) in [7, 11) is 0. The third-order valence-corrected chi connectivity index (χ3v) is 2.66. The summed E-state index contributed by atoms with van der Waals surface area (Å²) in [5.41, 5.74) is 0.778.